The predicted octanol–water partition coefficient (Wildman–Crippen LogP) is 2.60. The van der Waals surface area contributed by atoms with Gasteiger partial charge in [0.25, 0.3) is 0 Å². The van der Waals surface area contributed by atoms with E-state index in [9.17, 15) is 9.18 Å². The first kappa shape index (κ1) is 15.1. The van der Waals surface area contributed by atoms with Crippen LogP contribution in [0.25, 0.3) is 16.9 Å². The van der Waals surface area contributed by atoms with E-state index >= 15 is 0 Å². The van der Waals surface area contributed by atoms with Crippen LogP contribution >= 0.6 is 0 Å². The molecule has 0 saturated heterocycles. The van der Waals surface area contributed by atoms with E-state index in [-0.39, 0.29) is 11.5 Å². The second-order valence-electron chi connectivity index (χ2n) is 6.50. The maximum Gasteiger partial charge on any atom is 0.331 e. The molecule has 0 unspecified atom stereocenters. The molecular weight excluding hydrogens is 307 g/mol. The number of fused-ring (bicyclic) bond motifs is 3. The van der Waals surface area contributed by atoms with E-state index in [0.29, 0.717) is 22.9 Å². The molecule has 1 aliphatic rings. The number of nitrogens with one attached hydrogen (secondary N) is 1. The van der Waals surface area contributed by atoms with E-state index in [1.54, 1.807) is 24.4 Å². The number of hydrogen-bond acceptors (Lipinski definition) is 3. The molecule has 4 rings (SSSR count). The summed E-state index contributed by atoms with van der Waals surface area (Å²) in [4.78, 5) is 22.2. The van der Waals surface area contributed by atoms with Crippen LogP contribution in [-0.2, 0) is 13.0 Å². The van der Waals surface area contributed by atoms with Crippen molar-refractivity contribution in [2.75, 3.05) is 6.54 Å². The quantitative estimate of drug-likeness (QED) is 0.787. The van der Waals surface area contributed by atoms with Gasteiger partial charge in [-0.2, -0.15) is 0 Å². The van der Waals surface area contributed by atoms with Crippen molar-refractivity contribution in [2.24, 2.45) is 0 Å². The Kier molecular flexibility index (Phi) is 3.49. The van der Waals surface area contributed by atoms with Gasteiger partial charge in [-0.05, 0) is 26.0 Å². The second-order valence-corrected chi connectivity index (χ2v) is 6.50. The van der Waals surface area contributed by atoms with E-state index in [1.165, 1.54) is 10.5 Å². The molecule has 0 spiro atoms. The van der Waals surface area contributed by atoms with Gasteiger partial charge in [0.2, 0.25) is 0 Å². The zero-order valence-electron chi connectivity index (χ0n) is 13.7. The Morgan fingerprint density at radius 1 is 1.29 bits per heavy atom. The van der Waals surface area contributed by atoms with E-state index in [2.05, 4.69) is 28.7 Å². The van der Waals surface area contributed by atoms with Crippen molar-refractivity contribution in [1.82, 2.24) is 19.3 Å². The first-order chi connectivity index (χ1) is 11.5. The van der Waals surface area contributed by atoms with Gasteiger partial charge < -0.3 is 4.98 Å². The zero-order chi connectivity index (χ0) is 16.8. The first-order valence-electron chi connectivity index (χ1n) is 8.16. The molecule has 1 aromatic carbocycles. The molecule has 0 atom stereocenters. The Balaban J connectivity index is 1.91. The van der Waals surface area contributed by atoms with Crippen LogP contribution in [0.1, 0.15) is 25.1 Å². The number of rotatable bonds is 2. The highest BCUT2D eigenvalue weighted by Gasteiger charge is 2.24. The standard InChI is InChI=1S/C18H19FN4O/c1-11(2)22-8-7-15-13(9-22)17-20-16(10-23(17)18(24)21-15)12-5-3-4-6-14(12)19/h3-6,10-11H,7-9H2,1-2H3,(H,21,24). The van der Waals surface area contributed by atoms with Crippen LogP contribution in [0.2, 0.25) is 0 Å². The smallest absolute Gasteiger partial charge is 0.310 e. The number of nitrogens with zero attached hydrogens (tertiary/aromatic N) is 3. The highest BCUT2D eigenvalue weighted by Crippen LogP contribution is 2.26. The molecule has 0 saturated carbocycles. The molecule has 0 radical (unpaired) electrons. The Morgan fingerprint density at radius 2 is 2.08 bits per heavy atom. The molecule has 5 nitrogen and oxygen atoms in total. The fourth-order valence-corrected chi connectivity index (χ4v) is 3.30. The SMILES string of the molecule is CC(C)N1CCc2[nH]c(=O)n3cc(-c4ccccc4F)nc3c2C1. The number of halogens is 1. The predicted molar refractivity (Wildman–Crippen MR) is 90.5 cm³/mol. The minimum atomic E-state index is -0.338. The van der Waals surface area contributed by atoms with Crippen molar-refractivity contribution in [3.8, 4) is 11.3 Å². The highest BCUT2D eigenvalue weighted by molar-refractivity contribution is 5.65. The lowest BCUT2D eigenvalue weighted by atomic mass is 10.1. The molecule has 3 aromatic rings. The molecule has 3 heterocycles. The fourth-order valence-electron chi connectivity index (χ4n) is 3.30. The van der Waals surface area contributed by atoms with Gasteiger partial charge in [0, 0.05) is 48.6 Å². The molecule has 124 valence electrons. The minimum Gasteiger partial charge on any atom is -0.310 e. The Bertz CT molecular complexity index is 973. The van der Waals surface area contributed by atoms with Crippen molar-refractivity contribution >= 4 is 5.65 Å². The number of H-pyrrole nitrogens is 1. The lowest BCUT2D eigenvalue weighted by molar-refractivity contribution is 0.202. The van der Waals surface area contributed by atoms with Crippen molar-refractivity contribution < 1.29 is 4.39 Å². The van der Waals surface area contributed by atoms with Gasteiger partial charge in [-0.15, -0.1) is 0 Å². The number of hydrogen-bond donors (Lipinski definition) is 1. The summed E-state index contributed by atoms with van der Waals surface area (Å²) in [6.07, 6.45) is 2.41. The van der Waals surface area contributed by atoms with Crippen molar-refractivity contribution in [1.29, 1.82) is 0 Å². The van der Waals surface area contributed by atoms with Crippen LogP contribution in [-0.4, -0.2) is 31.9 Å². The van der Waals surface area contributed by atoms with E-state index in [4.69, 9.17) is 0 Å². The number of aromatic amines is 1. The van der Waals surface area contributed by atoms with Gasteiger partial charge in [0.1, 0.15) is 11.5 Å². The van der Waals surface area contributed by atoms with Gasteiger partial charge in [0.05, 0.1) is 5.69 Å². The highest BCUT2D eigenvalue weighted by atomic mass is 19.1. The minimum absolute atomic E-state index is 0.225. The van der Waals surface area contributed by atoms with Crippen LogP contribution in [0, 0.1) is 5.82 Å². The summed E-state index contributed by atoms with van der Waals surface area (Å²) in [5, 5.41) is 0. The van der Waals surface area contributed by atoms with E-state index in [1.807, 2.05) is 0 Å². The van der Waals surface area contributed by atoms with Crippen LogP contribution in [0.5, 0.6) is 0 Å². The first-order valence-corrected chi connectivity index (χ1v) is 8.16. The largest absolute Gasteiger partial charge is 0.331 e. The summed E-state index contributed by atoms with van der Waals surface area (Å²) >= 11 is 0. The molecule has 6 heteroatoms. The third kappa shape index (κ3) is 2.34. The summed E-state index contributed by atoms with van der Waals surface area (Å²) in [5.74, 6) is -0.338. The summed E-state index contributed by atoms with van der Waals surface area (Å²) < 4.78 is 15.6. The molecule has 2 aromatic heterocycles. The monoisotopic (exact) mass is 326 g/mol. The van der Waals surface area contributed by atoms with Gasteiger partial charge >= 0.3 is 5.69 Å². The zero-order valence-corrected chi connectivity index (χ0v) is 13.7. The third-order valence-electron chi connectivity index (χ3n) is 4.71. The maximum atomic E-state index is 14.1. The third-order valence-corrected chi connectivity index (χ3v) is 4.71. The van der Waals surface area contributed by atoms with Crippen LogP contribution in [0.3, 0.4) is 0 Å². The average Bonchev–Trinajstić information content (AvgIpc) is 3.01. The molecular formula is C18H19FN4O. The molecule has 0 fully saturated rings. The van der Waals surface area contributed by atoms with Crippen molar-refractivity contribution in [3.63, 3.8) is 0 Å². The van der Waals surface area contributed by atoms with Crippen LogP contribution < -0.4 is 5.69 Å². The van der Waals surface area contributed by atoms with Crippen molar-refractivity contribution in [2.45, 2.75) is 32.9 Å². The van der Waals surface area contributed by atoms with Gasteiger partial charge in [-0.25, -0.2) is 14.2 Å². The summed E-state index contributed by atoms with van der Waals surface area (Å²) in [6.45, 7) is 5.97. The molecule has 1 aliphatic heterocycles. The lowest BCUT2D eigenvalue weighted by Crippen LogP contribution is -2.38. The number of imidazole rings is 1. The summed E-state index contributed by atoms with van der Waals surface area (Å²) in [7, 11) is 0. The van der Waals surface area contributed by atoms with Gasteiger partial charge in [-0.1, -0.05) is 12.1 Å². The second kappa shape index (κ2) is 5.56. The number of aromatic nitrogens is 3. The van der Waals surface area contributed by atoms with Crippen molar-refractivity contribution in [3.05, 3.63) is 58.0 Å². The molecule has 0 amide bonds. The Labute approximate surface area is 138 Å². The van der Waals surface area contributed by atoms with Gasteiger partial charge in [-0.3, -0.25) is 9.30 Å². The average molecular weight is 326 g/mol. The maximum absolute atomic E-state index is 14.1. The topological polar surface area (TPSA) is 53.4 Å². The molecule has 0 aliphatic carbocycles. The lowest BCUT2D eigenvalue weighted by Gasteiger charge is -2.31. The number of benzene rings is 1. The Morgan fingerprint density at radius 3 is 2.83 bits per heavy atom. The fraction of sp³-hybridized carbons (Fsp3) is 0.333. The molecule has 1 N–H and O–H groups in total. The van der Waals surface area contributed by atoms with E-state index < -0.39 is 0 Å². The normalized spacial score (nSPS) is 15.2. The van der Waals surface area contributed by atoms with E-state index in [0.717, 1.165) is 30.8 Å². The van der Waals surface area contributed by atoms with Crippen LogP contribution in [0.4, 0.5) is 4.39 Å². The Hall–Kier alpha value is -2.47. The molecule has 24 heavy (non-hydrogen) atoms. The summed E-state index contributed by atoms with van der Waals surface area (Å²) in [6, 6.07) is 6.91. The van der Waals surface area contributed by atoms with Gasteiger partial charge in [0.15, 0.2) is 0 Å². The summed E-state index contributed by atoms with van der Waals surface area (Å²) in [5.41, 5.74) is 3.25. The molecule has 0 bridgehead atoms. The van der Waals surface area contributed by atoms with Crippen LogP contribution in [0.15, 0.2) is 35.3 Å².